The molecule has 0 unspecified atom stereocenters. The summed E-state index contributed by atoms with van der Waals surface area (Å²) in [5, 5.41) is 6.58. The molecule has 0 bridgehead atoms. The van der Waals surface area contributed by atoms with Crippen molar-refractivity contribution >= 4 is 44.8 Å². The van der Waals surface area contributed by atoms with Gasteiger partial charge in [0.05, 0.1) is 12.1 Å². The van der Waals surface area contributed by atoms with E-state index >= 15 is 0 Å². The summed E-state index contributed by atoms with van der Waals surface area (Å²) in [5.74, 6) is 0.583. The van der Waals surface area contributed by atoms with Crippen LogP contribution in [0.2, 0.25) is 5.02 Å². The van der Waals surface area contributed by atoms with Crippen LogP contribution in [0.1, 0.15) is 12.0 Å². The molecule has 0 spiro atoms. The number of amides is 1. The Morgan fingerprint density at radius 2 is 1.96 bits per heavy atom. The molecule has 2 aromatic rings. The number of carbonyl (C=O) groups is 1. The molecule has 0 fully saturated rings. The lowest BCUT2D eigenvalue weighted by Crippen LogP contribution is -2.16. The van der Waals surface area contributed by atoms with Gasteiger partial charge in [0.15, 0.2) is 0 Å². The third-order valence-electron chi connectivity index (χ3n) is 3.27. The molecule has 0 aliphatic carbocycles. The molecule has 0 saturated carbocycles. The van der Waals surface area contributed by atoms with Gasteiger partial charge in [0.2, 0.25) is 5.91 Å². The fourth-order valence-electron chi connectivity index (χ4n) is 2.04. The Hall–Kier alpha value is -1.72. The Balaban J connectivity index is 1.82. The standard InChI is InChI=1S/C17H18BrClN2O2/c1-11-9-13(3-5-14(11)18)21-17(22)7-8-20-12-4-6-16(23-2)15(19)10-12/h3-6,9-10,20H,7-8H2,1-2H3,(H,21,22). The van der Waals surface area contributed by atoms with Crippen LogP contribution in [-0.4, -0.2) is 19.6 Å². The Morgan fingerprint density at radius 3 is 2.61 bits per heavy atom. The van der Waals surface area contributed by atoms with Crippen LogP contribution in [0.5, 0.6) is 5.75 Å². The van der Waals surface area contributed by atoms with Crippen molar-refractivity contribution in [2.45, 2.75) is 13.3 Å². The zero-order chi connectivity index (χ0) is 16.8. The number of aryl methyl sites for hydroxylation is 1. The predicted octanol–water partition coefficient (Wildman–Crippen LogP) is 4.86. The summed E-state index contributed by atoms with van der Waals surface area (Å²) < 4.78 is 6.12. The number of halogens is 2. The third kappa shape index (κ3) is 5.15. The zero-order valence-corrected chi connectivity index (χ0v) is 15.3. The number of carbonyl (C=O) groups excluding carboxylic acids is 1. The second kappa shape index (κ2) is 8.22. The van der Waals surface area contributed by atoms with E-state index < -0.39 is 0 Å². The first kappa shape index (κ1) is 17.6. The summed E-state index contributed by atoms with van der Waals surface area (Å²) >= 11 is 9.49. The summed E-state index contributed by atoms with van der Waals surface area (Å²) in [4.78, 5) is 12.0. The number of nitrogens with one attached hydrogen (secondary N) is 2. The fourth-order valence-corrected chi connectivity index (χ4v) is 2.55. The lowest BCUT2D eigenvalue weighted by molar-refractivity contribution is -0.115. The second-order valence-corrected chi connectivity index (χ2v) is 6.30. The van der Waals surface area contributed by atoms with Crippen molar-refractivity contribution < 1.29 is 9.53 Å². The Labute approximate surface area is 149 Å². The summed E-state index contributed by atoms with van der Waals surface area (Å²) in [5.41, 5.74) is 2.72. The second-order valence-electron chi connectivity index (χ2n) is 5.04. The van der Waals surface area contributed by atoms with Gasteiger partial charge in [0.1, 0.15) is 5.75 Å². The number of benzene rings is 2. The van der Waals surface area contributed by atoms with Crippen molar-refractivity contribution in [1.29, 1.82) is 0 Å². The minimum absolute atomic E-state index is 0.0427. The van der Waals surface area contributed by atoms with E-state index in [9.17, 15) is 4.79 Å². The molecular weight excluding hydrogens is 380 g/mol. The highest BCUT2D eigenvalue weighted by atomic mass is 79.9. The molecule has 6 heteroatoms. The molecule has 0 aliphatic heterocycles. The topological polar surface area (TPSA) is 50.4 Å². The summed E-state index contributed by atoms with van der Waals surface area (Å²) in [7, 11) is 1.57. The molecule has 1 amide bonds. The quantitative estimate of drug-likeness (QED) is 0.732. The number of rotatable bonds is 6. The molecule has 0 aromatic heterocycles. The van der Waals surface area contributed by atoms with Crippen LogP contribution in [0.25, 0.3) is 0 Å². The van der Waals surface area contributed by atoms with Gasteiger partial charge in [-0.2, -0.15) is 0 Å². The summed E-state index contributed by atoms with van der Waals surface area (Å²) in [6, 6.07) is 11.1. The van der Waals surface area contributed by atoms with Crippen molar-refractivity contribution in [1.82, 2.24) is 0 Å². The lowest BCUT2D eigenvalue weighted by atomic mass is 10.2. The minimum Gasteiger partial charge on any atom is -0.495 e. The predicted molar refractivity (Wildman–Crippen MR) is 98.6 cm³/mol. The van der Waals surface area contributed by atoms with Crippen LogP contribution in [0, 0.1) is 6.92 Å². The average molecular weight is 398 g/mol. The van der Waals surface area contributed by atoms with Crippen LogP contribution < -0.4 is 15.4 Å². The number of hydrogen-bond donors (Lipinski definition) is 2. The van der Waals surface area contributed by atoms with Gasteiger partial charge in [-0.3, -0.25) is 4.79 Å². The average Bonchev–Trinajstić information content (AvgIpc) is 2.51. The summed E-state index contributed by atoms with van der Waals surface area (Å²) in [6.45, 7) is 2.50. The number of ether oxygens (including phenoxy) is 1. The molecular formula is C17H18BrClN2O2. The summed E-state index contributed by atoms with van der Waals surface area (Å²) in [6.07, 6.45) is 0.360. The third-order valence-corrected chi connectivity index (χ3v) is 4.46. The highest BCUT2D eigenvalue weighted by Crippen LogP contribution is 2.27. The Kier molecular flexibility index (Phi) is 6.30. The maximum atomic E-state index is 12.0. The number of methoxy groups -OCH3 is 1. The van der Waals surface area contributed by atoms with Crippen molar-refractivity contribution in [2.75, 3.05) is 24.3 Å². The minimum atomic E-state index is -0.0427. The van der Waals surface area contributed by atoms with Crippen LogP contribution in [-0.2, 0) is 4.79 Å². The molecule has 2 aromatic carbocycles. The van der Waals surface area contributed by atoms with Crippen LogP contribution in [0.4, 0.5) is 11.4 Å². The van der Waals surface area contributed by atoms with Gasteiger partial charge in [0.25, 0.3) is 0 Å². The van der Waals surface area contributed by atoms with E-state index in [1.165, 1.54) is 0 Å². The van der Waals surface area contributed by atoms with Gasteiger partial charge in [-0.25, -0.2) is 0 Å². The van der Waals surface area contributed by atoms with E-state index in [1.807, 2.05) is 31.2 Å². The molecule has 4 nitrogen and oxygen atoms in total. The van der Waals surface area contributed by atoms with Gasteiger partial charge in [0, 0.05) is 28.8 Å². The smallest absolute Gasteiger partial charge is 0.226 e. The van der Waals surface area contributed by atoms with Crippen molar-refractivity contribution in [3.63, 3.8) is 0 Å². The SMILES string of the molecule is COc1ccc(NCCC(=O)Nc2ccc(Br)c(C)c2)cc1Cl. The van der Waals surface area contributed by atoms with Crippen LogP contribution >= 0.6 is 27.5 Å². The van der Waals surface area contributed by atoms with E-state index in [1.54, 1.807) is 19.2 Å². The molecule has 0 saturated heterocycles. The molecule has 23 heavy (non-hydrogen) atoms. The highest BCUT2D eigenvalue weighted by molar-refractivity contribution is 9.10. The Bertz CT molecular complexity index is 707. The monoisotopic (exact) mass is 396 g/mol. The molecule has 122 valence electrons. The van der Waals surface area contributed by atoms with Crippen molar-refractivity contribution in [2.24, 2.45) is 0 Å². The maximum absolute atomic E-state index is 12.0. The van der Waals surface area contributed by atoms with E-state index in [0.29, 0.717) is 23.7 Å². The van der Waals surface area contributed by atoms with Crippen LogP contribution in [0.15, 0.2) is 40.9 Å². The van der Waals surface area contributed by atoms with E-state index in [2.05, 4.69) is 26.6 Å². The van der Waals surface area contributed by atoms with Gasteiger partial charge in [-0.15, -0.1) is 0 Å². The zero-order valence-electron chi connectivity index (χ0n) is 13.0. The normalized spacial score (nSPS) is 10.3. The largest absolute Gasteiger partial charge is 0.495 e. The van der Waals surface area contributed by atoms with Crippen LogP contribution in [0.3, 0.4) is 0 Å². The first-order chi connectivity index (χ1) is 11.0. The first-order valence-electron chi connectivity index (χ1n) is 7.13. The first-order valence-corrected chi connectivity index (χ1v) is 8.30. The molecule has 0 atom stereocenters. The number of hydrogen-bond acceptors (Lipinski definition) is 3. The van der Waals surface area contributed by atoms with Gasteiger partial charge < -0.3 is 15.4 Å². The van der Waals surface area contributed by atoms with Gasteiger partial charge >= 0.3 is 0 Å². The fraction of sp³-hybridized carbons (Fsp3) is 0.235. The molecule has 0 heterocycles. The van der Waals surface area contributed by atoms with Crippen molar-refractivity contribution in [3.8, 4) is 5.75 Å². The van der Waals surface area contributed by atoms with E-state index in [-0.39, 0.29) is 5.91 Å². The van der Waals surface area contributed by atoms with Gasteiger partial charge in [-0.05, 0) is 48.9 Å². The lowest BCUT2D eigenvalue weighted by Gasteiger charge is -2.10. The highest BCUT2D eigenvalue weighted by Gasteiger charge is 2.05. The van der Waals surface area contributed by atoms with Crippen molar-refractivity contribution in [3.05, 3.63) is 51.5 Å². The molecule has 0 aliphatic rings. The Morgan fingerprint density at radius 1 is 1.22 bits per heavy atom. The van der Waals surface area contributed by atoms with Gasteiger partial charge in [-0.1, -0.05) is 27.5 Å². The molecule has 2 N–H and O–H groups in total. The maximum Gasteiger partial charge on any atom is 0.226 e. The molecule has 2 rings (SSSR count). The van der Waals surface area contributed by atoms with E-state index in [0.717, 1.165) is 21.4 Å². The van der Waals surface area contributed by atoms with E-state index in [4.69, 9.17) is 16.3 Å². The molecule has 0 radical (unpaired) electrons. The number of anilines is 2.